The quantitative estimate of drug-likeness (QED) is 0.590. The third kappa shape index (κ3) is 3.53. The summed E-state index contributed by atoms with van der Waals surface area (Å²) < 4.78 is 9.69. The topological polar surface area (TPSA) is 89.9 Å². The molecule has 0 heterocycles. The van der Waals surface area contributed by atoms with E-state index in [1.165, 1.54) is 6.92 Å². The van der Waals surface area contributed by atoms with E-state index in [1.54, 1.807) is 13.8 Å². The van der Waals surface area contributed by atoms with Crippen molar-refractivity contribution in [2.75, 3.05) is 13.2 Å². The van der Waals surface area contributed by atoms with E-state index in [9.17, 15) is 19.5 Å². The number of hydrogen-bond acceptors (Lipinski definition) is 6. The van der Waals surface area contributed by atoms with Crippen LogP contribution in [-0.2, 0) is 23.9 Å². The third-order valence-corrected chi connectivity index (χ3v) is 3.29. The van der Waals surface area contributed by atoms with E-state index < -0.39 is 35.2 Å². The lowest BCUT2D eigenvalue weighted by Gasteiger charge is -2.37. The first-order valence-corrected chi connectivity index (χ1v) is 6.41. The van der Waals surface area contributed by atoms with Crippen molar-refractivity contribution in [2.24, 2.45) is 11.8 Å². The van der Waals surface area contributed by atoms with Crippen LogP contribution in [0, 0.1) is 11.8 Å². The summed E-state index contributed by atoms with van der Waals surface area (Å²) in [5.41, 5.74) is -1.48. The van der Waals surface area contributed by atoms with E-state index in [1.807, 2.05) is 0 Å². The summed E-state index contributed by atoms with van der Waals surface area (Å²) in [7, 11) is 0. The maximum Gasteiger partial charge on any atom is 0.316 e. The van der Waals surface area contributed by atoms with Crippen molar-refractivity contribution in [1.82, 2.24) is 0 Å². The minimum atomic E-state index is -1.48. The first-order valence-electron chi connectivity index (χ1n) is 6.41. The van der Waals surface area contributed by atoms with Gasteiger partial charge in [-0.1, -0.05) is 0 Å². The zero-order chi connectivity index (χ0) is 14.6. The Bertz CT molecular complexity index is 373. The largest absolute Gasteiger partial charge is 0.466 e. The molecule has 0 aromatic heterocycles. The molecule has 0 saturated heterocycles. The lowest BCUT2D eigenvalue weighted by Crippen LogP contribution is -2.50. The van der Waals surface area contributed by atoms with Gasteiger partial charge in [0.2, 0.25) is 0 Å². The van der Waals surface area contributed by atoms with Gasteiger partial charge in [-0.05, 0) is 27.2 Å². The Balaban J connectivity index is 2.88. The van der Waals surface area contributed by atoms with Gasteiger partial charge in [-0.25, -0.2) is 0 Å². The van der Waals surface area contributed by atoms with Crippen molar-refractivity contribution >= 4 is 17.7 Å². The second-order valence-electron chi connectivity index (χ2n) is 4.85. The Morgan fingerprint density at radius 2 is 1.79 bits per heavy atom. The zero-order valence-corrected chi connectivity index (χ0v) is 11.5. The van der Waals surface area contributed by atoms with Crippen LogP contribution in [-0.4, -0.2) is 41.6 Å². The van der Waals surface area contributed by atoms with Gasteiger partial charge in [0.25, 0.3) is 0 Å². The summed E-state index contributed by atoms with van der Waals surface area (Å²) >= 11 is 0. The molecule has 1 fully saturated rings. The van der Waals surface area contributed by atoms with E-state index in [0.717, 1.165) is 0 Å². The molecule has 108 valence electrons. The first kappa shape index (κ1) is 15.6. The van der Waals surface area contributed by atoms with Crippen molar-refractivity contribution in [3.63, 3.8) is 0 Å². The summed E-state index contributed by atoms with van der Waals surface area (Å²) in [6.45, 7) is 5.06. The highest BCUT2D eigenvalue weighted by atomic mass is 16.5. The molecule has 3 atom stereocenters. The van der Waals surface area contributed by atoms with Crippen LogP contribution in [0.4, 0.5) is 0 Å². The fraction of sp³-hybridized carbons (Fsp3) is 0.769. The highest BCUT2D eigenvalue weighted by molar-refractivity contribution is 6.01. The Labute approximate surface area is 112 Å². The molecule has 1 saturated carbocycles. The number of carbonyl (C=O) groups is 3. The predicted octanol–water partition coefficient (Wildman–Crippen LogP) is 0.459. The Morgan fingerprint density at radius 1 is 1.26 bits per heavy atom. The van der Waals surface area contributed by atoms with Crippen molar-refractivity contribution in [3.05, 3.63) is 0 Å². The molecule has 1 rings (SSSR count). The number of Topliss-reactive ketones (excluding diaryl/α,β-unsaturated/α-hetero) is 1. The normalized spacial score (nSPS) is 30.8. The highest BCUT2D eigenvalue weighted by Gasteiger charge is 2.50. The minimum Gasteiger partial charge on any atom is -0.466 e. The molecule has 0 aliphatic heterocycles. The molecule has 0 aromatic carbocycles. The van der Waals surface area contributed by atoms with Crippen LogP contribution in [0.1, 0.15) is 33.6 Å². The average Bonchev–Trinajstić information content (AvgIpc) is 2.28. The van der Waals surface area contributed by atoms with Crippen molar-refractivity contribution in [2.45, 2.75) is 39.2 Å². The van der Waals surface area contributed by atoms with Crippen molar-refractivity contribution in [3.8, 4) is 0 Å². The molecule has 19 heavy (non-hydrogen) atoms. The van der Waals surface area contributed by atoms with E-state index in [-0.39, 0.29) is 26.1 Å². The van der Waals surface area contributed by atoms with Gasteiger partial charge in [-0.3, -0.25) is 14.4 Å². The number of carbonyl (C=O) groups excluding carboxylic acids is 3. The number of esters is 2. The van der Waals surface area contributed by atoms with Gasteiger partial charge in [0.15, 0.2) is 0 Å². The molecule has 3 unspecified atom stereocenters. The molecule has 0 aromatic rings. The molecule has 0 amide bonds. The molecule has 1 aliphatic carbocycles. The minimum absolute atomic E-state index is 0.0660. The van der Waals surface area contributed by atoms with Crippen LogP contribution >= 0.6 is 0 Å². The Morgan fingerprint density at radius 3 is 2.32 bits per heavy atom. The van der Waals surface area contributed by atoms with Gasteiger partial charge in [-0.15, -0.1) is 0 Å². The second-order valence-corrected chi connectivity index (χ2v) is 4.85. The van der Waals surface area contributed by atoms with Crippen LogP contribution in [0.5, 0.6) is 0 Å². The second kappa shape index (κ2) is 6.14. The highest BCUT2D eigenvalue weighted by Crippen LogP contribution is 2.36. The summed E-state index contributed by atoms with van der Waals surface area (Å²) in [5.74, 6) is -3.51. The fourth-order valence-corrected chi connectivity index (χ4v) is 2.28. The molecule has 0 radical (unpaired) electrons. The summed E-state index contributed by atoms with van der Waals surface area (Å²) in [4.78, 5) is 35.3. The third-order valence-electron chi connectivity index (χ3n) is 3.29. The van der Waals surface area contributed by atoms with Gasteiger partial charge in [0.05, 0.1) is 24.7 Å². The summed E-state index contributed by atoms with van der Waals surface area (Å²) in [5, 5.41) is 10.2. The maximum atomic E-state index is 11.8. The van der Waals surface area contributed by atoms with E-state index in [4.69, 9.17) is 9.47 Å². The number of hydrogen-bond donors (Lipinski definition) is 1. The molecule has 1 N–H and O–H groups in total. The number of ketones is 1. The lowest BCUT2D eigenvalue weighted by molar-refractivity contribution is -0.169. The molecule has 6 heteroatoms. The SMILES string of the molecule is CCOC(=O)C1CC(C(=O)OCC)C(C)(O)CC1=O. The molecular formula is C13H20O6. The number of aliphatic hydroxyl groups is 1. The first-order chi connectivity index (χ1) is 8.83. The monoisotopic (exact) mass is 272 g/mol. The average molecular weight is 272 g/mol. The molecule has 0 bridgehead atoms. The standard InChI is InChI=1S/C13H20O6/c1-4-18-11(15)8-6-9(12(16)19-5-2)13(3,17)7-10(8)14/h8-9,17H,4-7H2,1-3H3. The van der Waals surface area contributed by atoms with Gasteiger partial charge in [0.1, 0.15) is 11.7 Å². The van der Waals surface area contributed by atoms with E-state index in [2.05, 4.69) is 0 Å². The van der Waals surface area contributed by atoms with Gasteiger partial charge in [-0.2, -0.15) is 0 Å². The van der Waals surface area contributed by atoms with Gasteiger partial charge < -0.3 is 14.6 Å². The fourth-order valence-electron chi connectivity index (χ4n) is 2.28. The smallest absolute Gasteiger partial charge is 0.316 e. The molecule has 6 nitrogen and oxygen atoms in total. The molecule has 1 aliphatic rings. The van der Waals surface area contributed by atoms with Gasteiger partial charge >= 0.3 is 11.9 Å². The van der Waals surface area contributed by atoms with E-state index in [0.29, 0.717) is 0 Å². The molecular weight excluding hydrogens is 252 g/mol. The number of ether oxygens (including phenoxy) is 2. The van der Waals surface area contributed by atoms with Crippen molar-refractivity contribution in [1.29, 1.82) is 0 Å². The zero-order valence-electron chi connectivity index (χ0n) is 11.5. The lowest BCUT2D eigenvalue weighted by atomic mass is 9.71. The Hall–Kier alpha value is -1.43. The summed E-state index contributed by atoms with van der Waals surface area (Å²) in [6.07, 6.45) is -0.316. The van der Waals surface area contributed by atoms with E-state index >= 15 is 0 Å². The van der Waals surface area contributed by atoms with Gasteiger partial charge in [0, 0.05) is 6.42 Å². The van der Waals surface area contributed by atoms with Crippen LogP contribution in [0.15, 0.2) is 0 Å². The summed E-state index contributed by atoms with van der Waals surface area (Å²) in [6, 6.07) is 0. The predicted molar refractivity (Wildman–Crippen MR) is 65.1 cm³/mol. The van der Waals surface area contributed by atoms with Crippen LogP contribution < -0.4 is 0 Å². The van der Waals surface area contributed by atoms with Crippen LogP contribution in [0.2, 0.25) is 0 Å². The number of rotatable bonds is 4. The Kier molecular flexibility index (Phi) is 5.05. The van der Waals surface area contributed by atoms with Crippen LogP contribution in [0.25, 0.3) is 0 Å². The molecule has 0 spiro atoms. The van der Waals surface area contributed by atoms with Crippen LogP contribution in [0.3, 0.4) is 0 Å². The van der Waals surface area contributed by atoms with Crippen molar-refractivity contribution < 1.29 is 29.0 Å². The maximum absolute atomic E-state index is 11.8.